The number of hydrogen-bond acceptors (Lipinski definition) is 3. The summed E-state index contributed by atoms with van der Waals surface area (Å²) in [5.41, 5.74) is 1.30. The minimum absolute atomic E-state index is 0.585. The molecule has 4 heteroatoms. The van der Waals surface area contributed by atoms with E-state index in [0.717, 1.165) is 12.5 Å². The van der Waals surface area contributed by atoms with Crippen molar-refractivity contribution in [2.24, 2.45) is 13.0 Å². The highest BCUT2D eigenvalue weighted by atomic mass is 15.3. The number of aromatic nitrogens is 2. The van der Waals surface area contributed by atoms with Crippen LogP contribution >= 0.6 is 0 Å². The average Bonchev–Trinajstić information content (AvgIpc) is 2.75. The van der Waals surface area contributed by atoms with Crippen molar-refractivity contribution in [1.29, 1.82) is 0 Å². The minimum atomic E-state index is 0.585. The van der Waals surface area contributed by atoms with Crippen LogP contribution in [0, 0.1) is 5.92 Å². The van der Waals surface area contributed by atoms with Crippen LogP contribution in [0.1, 0.15) is 32.4 Å². The minimum Gasteiger partial charge on any atom is -0.316 e. The van der Waals surface area contributed by atoms with Crippen LogP contribution in [-0.2, 0) is 13.6 Å². The third kappa shape index (κ3) is 3.56. The first kappa shape index (κ1) is 13.6. The molecule has 1 saturated heterocycles. The Labute approximate surface area is 110 Å². The zero-order chi connectivity index (χ0) is 13.0. The van der Waals surface area contributed by atoms with E-state index in [1.54, 1.807) is 0 Å². The monoisotopic (exact) mass is 250 g/mol. The first-order chi connectivity index (χ1) is 8.66. The smallest absolute Gasteiger partial charge is 0.0521 e. The molecule has 1 N–H and O–H groups in total. The van der Waals surface area contributed by atoms with Gasteiger partial charge in [-0.15, -0.1) is 0 Å². The first-order valence-corrected chi connectivity index (χ1v) is 7.08. The van der Waals surface area contributed by atoms with Crippen molar-refractivity contribution < 1.29 is 0 Å². The molecular weight excluding hydrogens is 224 g/mol. The second-order valence-electron chi connectivity index (χ2n) is 5.68. The zero-order valence-electron chi connectivity index (χ0n) is 11.9. The fourth-order valence-electron chi connectivity index (χ4n) is 2.63. The fourth-order valence-corrected chi connectivity index (χ4v) is 2.63. The maximum Gasteiger partial charge on any atom is 0.0521 e. The van der Waals surface area contributed by atoms with Crippen LogP contribution in [0.4, 0.5) is 0 Å². The van der Waals surface area contributed by atoms with E-state index in [0.29, 0.717) is 6.04 Å². The molecule has 0 saturated carbocycles. The lowest BCUT2D eigenvalue weighted by Crippen LogP contribution is -2.41. The number of rotatable bonds is 5. The molecule has 2 heterocycles. The van der Waals surface area contributed by atoms with Gasteiger partial charge in [-0.25, -0.2) is 0 Å². The summed E-state index contributed by atoms with van der Waals surface area (Å²) in [6.07, 6.45) is 4.57. The molecule has 102 valence electrons. The summed E-state index contributed by atoms with van der Waals surface area (Å²) in [7, 11) is 2.02. The molecule has 1 aromatic heterocycles. The zero-order valence-corrected chi connectivity index (χ0v) is 11.9. The van der Waals surface area contributed by atoms with Crippen molar-refractivity contribution >= 4 is 0 Å². The van der Waals surface area contributed by atoms with Gasteiger partial charge in [0.1, 0.15) is 0 Å². The second-order valence-corrected chi connectivity index (χ2v) is 5.68. The number of hydrogen-bond donors (Lipinski definition) is 1. The molecule has 0 aliphatic carbocycles. The molecule has 1 aliphatic heterocycles. The number of nitrogens with one attached hydrogen (secondary N) is 1. The predicted molar refractivity (Wildman–Crippen MR) is 74.3 cm³/mol. The predicted octanol–water partition coefficient (Wildman–Crippen LogP) is 1.63. The molecule has 1 fully saturated rings. The van der Waals surface area contributed by atoms with Gasteiger partial charge in [0.25, 0.3) is 0 Å². The van der Waals surface area contributed by atoms with E-state index in [4.69, 9.17) is 0 Å². The van der Waals surface area contributed by atoms with Gasteiger partial charge in [-0.1, -0.05) is 0 Å². The highest BCUT2D eigenvalue weighted by Crippen LogP contribution is 2.15. The third-order valence-electron chi connectivity index (χ3n) is 3.91. The Kier molecular flexibility index (Phi) is 4.78. The standard InChI is InChI=1S/C14H26N4/c1-12(2)18(10-13-5-4-7-15-9-13)11-14-6-8-16-17(14)3/h6,8,12-13,15H,4-5,7,9-11H2,1-3H3. The van der Waals surface area contributed by atoms with Crippen molar-refractivity contribution in [1.82, 2.24) is 20.0 Å². The van der Waals surface area contributed by atoms with Crippen LogP contribution in [0.5, 0.6) is 0 Å². The van der Waals surface area contributed by atoms with Gasteiger partial charge in [-0.3, -0.25) is 9.58 Å². The lowest BCUT2D eigenvalue weighted by Gasteiger charge is -2.32. The quantitative estimate of drug-likeness (QED) is 0.862. The molecule has 1 unspecified atom stereocenters. The summed E-state index contributed by atoms with van der Waals surface area (Å²) in [5.74, 6) is 0.800. The summed E-state index contributed by atoms with van der Waals surface area (Å²) in [5, 5.41) is 7.76. The van der Waals surface area contributed by atoms with E-state index >= 15 is 0 Å². The summed E-state index contributed by atoms with van der Waals surface area (Å²) < 4.78 is 1.98. The van der Waals surface area contributed by atoms with E-state index < -0.39 is 0 Å². The number of piperidine rings is 1. The van der Waals surface area contributed by atoms with Gasteiger partial charge in [0.2, 0.25) is 0 Å². The van der Waals surface area contributed by atoms with Crippen molar-refractivity contribution in [3.8, 4) is 0 Å². The lowest BCUT2D eigenvalue weighted by atomic mass is 9.98. The van der Waals surface area contributed by atoms with Gasteiger partial charge < -0.3 is 5.32 Å². The maximum absolute atomic E-state index is 4.25. The molecule has 1 aliphatic rings. The Morgan fingerprint density at radius 3 is 2.94 bits per heavy atom. The number of nitrogens with zero attached hydrogens (tertiary/aromatic N) is 3. The molecule has 0 spiro atoms. The van der Waals surface area contributed by atoms with Crippen LogP contribution in [0.15, 0.2) is 12.3 Å². The van der Waals surface area contributed by atoms with Gasteiger partial charge in [-0.05, 0) is 51.8 Å². The van der Waals surface area contributed by atoms with E-state index in [1.807, 2.05) is 17.9 Å². The van der Waals surface area contributed by atoms with E-state index in [2.05, 4.69) is 35.2 Å². The van der Waals surface area contributed by atoms with Crippen LogP contribution in [-0.4, -0.2) is 40.4 Å². The highest BCUT2D eigenvalue weighted by Gasteiger charge is 2.19. The van der Waals surface area contributed by atoms with Gasteiger partial charge in [0.05, 0.1) is 5.69 Å². The van der Waals surface area contributed by atoms with E-state index in [1.165, 1.54) is 38.2 Å². The molecule has 1 atom stereocenters. The Morgan fingerprint density at radius 1 is 1.56 bits per heavy atom. The molecule has 18 heavy (non-hydrogen) atoms. The molecule has 0 aromatic carbocycles. The SMILES string of the molecule is CC(C)N(Cc1ccnn1C)CC1CCCNC1. The first-order valence-electron chi connectivity index (χ1n) is 7.08. The third-order valence-corrected chi connectivity index (χ3v) is 3.91. The molecule has 0 radical (unpaired) electrons. The largest absolute Gasteiger partial charge is 0.316 e. The molecule has 0 bridgehead atoms. The molecule has 0 amide bonds. The van der Waals surface area contributed by atoms with Crippen molar-refractivity contribution in [3.63, 3.8) is 0 Å². The fraction of sp³-hybridized carbons (Fsp3) is 0.786. The second kappa shape index (κ2) is 6.34. The van der Waals surface area contributed by atoms with Crippen LogP contribution in [0.3, 0.4) is 0 Å². The van der Waals surface area contributed by atoms with Crippen LogP contribution in [0.2, 0.25) is 0 Å². The van der Waals surface area contributed by atoms with E-state index in [-0.39, 0.29) is 0 Å². The van der Waals surface area contributed by atoms with E-state index in [9.17, 15) is 0 Å². The molecule has 2 rings (SSSR count). The highest BCUT2D eigenvalue weighted by molar-refractivity contribution is 5.00. The Balaban J connectivity index is 1.93. The van der Waals surface area contributed by atoms with Crippen LogP contribution in [0.25, 0.3) is 0 Å². The van der Waals surface area contributed by atoms with Gasteiger partial charge >= 0.3 is 0 Å². The summed E-state index contributed by atoms with van der Waals surface area (Å²) in [6.45, 7) is 9.13. The molecule has 1 aromatic rings. The van der Waals surface area contributed by atoms with Crippen molar-refractivity contribution in [3.05, 3.63) is 18.0 Å². The topological polar surface area (TPSA) is 33.1 Å². The summed E-state index contributed by atoms with van der Waals surface area (Å²) in [4.78, 5) is 2.56. The molecule has 4 nitrogen and oxygen atoms in total. The summed E-state index contributed by atoms with van der Waals surface area (Å²) in [6, 6.07) is 2.70. The van der Waals surface area contributed by atoms with Crippen molar-refractivity contribution in [2.75, 3.05) is 19.6 Å². The van der Waals surface area contributed by atoms with Crippen LogP contribution < -0.4 is 5.32 Å². The molecular formula is C14H26N4. The Morgan fingerprint density at radius 2 is 2.39 bits per heavy atom. The Hall–Kier alpha value is -0.870. The summed E-state index contributed by atoms with van der Waals surface area (Å²) >= 11 is 0. The average molecular weight is 250 g/mol. The lowest BCUT2D eigenvalue weighted by molar-refractivity contribution is 0.160. The normalized spacial score (nSPS) is 20.8. The van der Waals surface area contributed by atoms with Gasteiger partial charge in [0, 0.05) is 32.4 Å². The maximum atomic E-state index is 4.25. The van der Waals surface area contributed by atoms with Gasteiger partial charge in [0.15, 0.2) is 0 Å². The van der Waals surface area contributed by atoms with Crippen molar-refractivity contribution in [2.45, 2.75) is 39.3 Å². The Bertz CT molecular complexity index is 352. The number of aryl methyl sites for hydroxylation is 1. The van der Waals surface area contributed by atoms with Gasteiger partial charge in [-0.2, -0.15) is 5.10 Å².